The first-order valence-electron chi connectivity index (χ1n) is 5.13. The Morgan fingerprint density at radius 3 is 2.69 bits per heavy atom. The minimum absolute atomic E-state index is 0.411. The van der Waals surface area contributed by atoms with Gasteiger partial charge in [0.15, 0.2) is 0 Å². The second kappa shape index (κ2) is 4.49. The Kier molecular flexibility index (Phi) is 3.06. The molecule has 1 heterocycles. The molecule has 2 nitrogen and oxygen atoms in total. The molecule has 1 aromatic heterocycles. The van der Waals surface area contributed by atoms with Crippen LogP contribution in [-0.2, 0) is 6.42 Å². The highest BCUT2D eigenvalue weighted by Gasteiger charge is 2.13. The van der Waals surface area contributed by atoms with Crippen LogP contribution in [0.5, 0.6) is 0 Å². The highest BCUT2D eigenvalue weighted by molar-refractivity contribution is 7.13. The first-order valence-corrected chi connectivity index (χ1v) is 6.01. The summed E-state index contributed by atoms with van der Waals surface area (Å²) in [6.45, 7) is 1.98. The molecular weight excluding hydrogens is 220 g/mol. The van der Waals surface area contributed by atoms with Crippen LogP contribution in [0.25, 0.3) is 10.4 Å². The Morgan fingerprint density at radius 2 is 2.12 bits per heavy atom. The van der Waals surface area contributed by atoms with Crippen molar-refractivity contribution < 1.29 is 9.90 Å². The maximum Gasteiger partial charge on any atom is 0.335 e. The molecule has 1 N–H and O–H groups in total. The molecule has 2 aromatic rings. The lowest BCUT2D eigenvalue weighted by Gasteiger charge is -2.09. The largest absolute Gasteiger partial charge is 0.478 e. The summed E-state index contributed by atoms with van der Waals surface area (Å²) in [6, 6.07) is 9.45. The molecule has 3 heteroatoms. The van der Waals surface area contributed by atoms with Crippen molar-refractivity contribution in [3.63, 3.8) is 0 Å². The van der Waals surface area contributed by atoms with Gasteiger partial charge in [-0.15, -0.1) is 11.3 Å². The number of carboxylic acids is 1. The SMILES string of the molecule is CCc1c(C(=O)O)cccc1-c1cccs1. The van der Waals surface area contributed by atoms with Crippen LogP contribution in [0.3, 0.4) is 0 Å². The van der Waals surface area contributed by atoms with E-state index in [2.05, 4.69) is 0 Å². The van der Waals surface area contributed by atoms with Gasteiger partial charge in [-0.25, -0.2) is 4.79 Å². The van der Waals surface area contributed by atoms with Crippen molar-refractivity contribution in [2.24, 2.45) is 0 Å². The van der Waals surface area contributed by atoms with Crippen LogP contribution in [0.4, 0.5) is 0 Å². The van der Waals surface area contributed by atoms with Gasteiger partial charge in [-0.2, -0.15) is 0 Å². The van der Waals surface area contributed by atoms with Crippen LogP contribution in [0.15, 0.2) is 35.7 Å². The van der Waals surface area contributed by atoms with E-state index in [9.17, 15) is 4.79 Å². The van der Waals surface area contributed by atoms with E-state index in [0.717, 1.165) is 22.4 Å². The topological polar surface area (TPSA) is 37.3 Å². The number of aromatic carboxylic acids is 1. The summed E-state index contributed by atoms with van der Waals surface area (Å²) in [5.41, 5.74) is 2.36. The third-order valence-corrected chi connectivity index (χ3v) is 3.45. The minimum Gasteiger partial charge on any atom is -0.478 e. The molecule has 0 radical (unpaired) electrons. The molecule has 16 heavy (non-hydrogen) atoms. The molecule has 0 atom stereocenters. The van der Waals surface area contributed by atoms with Crippen LogP contribution < -0.4 is 0 Å². The molecule has 0 spiro atoms. The summed E-state index contributed by atoms with van der Waals surface area (Å²) < 4.78 is 0. The molecular formula is C13H12O2S. The van der Waals surface area contributed by atoms with Crippen molar-refractivity contribution in [3.05, 3.63) is 46.8 Å². The van der Waals surface area contributed by atoms with Gasteiger partial charge in [0, 0.05) is 4.88 Å². The standard InChI is InChI=1S/C13H12O2S/c1-2-9-10(12-7-4-8-16-12)5-3-6-11(9)13(14)15/h3-8H,2H2,1H3,(H,14,15). The van der Waals surface area contributed by atoms with Crippen molar-refractivity contribution in [2.75, 3.05) is 0 Å². The van der Waals surface area contributed by atoms with Crippen molar-refractivity contribution >= 4 is 17.3 Å². The van der Waals surface area contributed by atoms with E-state index < -0.39 is 5.97 Å². The number of carboxylic acid groups (broad SMARTS) is 1. The average molecular weight is 232 g/mol. The van der Waals surface area contributed by atoms with Crippen molar-refractivity contribution in [1.82, 2.24) is 0 Å². The van der Waals surface area contributed by atoms with Gasteiger partial charge in [0.25, 0.3) is 0 Å². The van der Waals surface area contributed by atoms with E-state index in [0.29, 0.717) is 5.56 Å². The molecule has 0 aliphatic heterocycles. The normalized spacial score (nSPS) is 10.3. The monoisotopic (exact) mass is 232 g/mol. The molecule has 0 unspecified atom stereocenters. The van der Waals surface area contributed by atoms with Gasteiger partial charge in [0.05, 0.1) is 5.56 Å². The van der Waals surface area contributed by atoms with Gasteiger partial charge < -0.3 is 5.11 Å². The summed E-state index contributed by atoms with van der Waals surface area (Å²) in [7, 11) is 0. The van der Waals surface area contributed by atoms with Gasteiger partial charge in [0.1, 0.15) is 0 Å². The smallest absolute Gasteiger partial charge is 0.335 e. The second-order valence-electron chi connectivity index (χ2n) is 3.47. The predicted octanol–water partition coefficient (Wildman–Crippen LogP) is 3.68. The number of thiophene rings is 1. The van der Waals surface area contributed by atoms with Crippen molar-refractivity contribution in [2.45, 2.75) is 13.3 Å². The molecule has 0 saturated heterocycles. The highest BCUT2D eigenvalue weighted by Crippen LogP contribution is 2.30. The fourth-order valence-electron chi connectivity index (χ4n) is 1.83. The quantitative estimate of drug-likeness (QED) is 0.876. The zero-order valence-corrected chi connectivity index (χ0v) is 9.75. The Morgan fingerprint density at radius 1 is 1.31 bits per heavy atom. The predicted molar refractivity (Wildman–Crippen MR) is 66.1 cm³/mol. The van der Waals surface area contributed by atoms with E-state index >= 15 is 0 Å². The number of hydrogen-bond donors (Lipinski definition) is 1. The van der Waals surface area contributed by atoms with E-state index in [1.807, 2.05) is 30.5 Å². The van der Waals surface area contributed by atoms with Crippen LogP contribution in [-0.4, -0.2) is 11.1 Å². The van der Waals surface area contributed by atoms with E-state index in [4.69, 9.17) is 5.11 Å². The molecule has 0 saturated carbocycles. The fourth-order valence-corrected chi connectivity index (χ4v) is 2.61. The maximum absolute atomic E-state index is 11.1. The third kappa shape index (κ3) is 1.86. The summed E-state index contributed by atoms with van der Waals surface area (Å²) >= 11 is 1.63. The Bertz CT molecular complexity index is 501. The van der Waals surface area contributed by atoms with Crippen LogP contribution in [0.2, 0.25) is 0 Å². The van der Waals surface area contributed by atoms with Crippen molar-refractivity contribution in [1.29, 1.82) is 0 Å². The number of benzene rings is 1. The average Bonchev–Trinajstić information content (AvgIpc) is 2.81. The lowest BCUT2D eigenvalue weighted by molar-refractivity contribution is 0.0696. The highest BCUT2D eigenvalue weighted by atomic mass is 32.1. The lowest BCUT2D eigenvalue weighted by Crippen LogP contribution is -2.02. The number of hydrogen-bond acceptors (Lipinski definition) is 2. The van der Waals surface area contributed by atoms with Crippen LogP contribution in [0.1, 0.15) is 22.8 Å². The molecule has 2 rings (SSSR count). The van der Waals surface area contributed by atoms with Gasteiger partial charge in [-0.3, -0.25) is 0 Å². The van der Waals surface area contributed by atoms with Gasteiger partial charge in [-0.05, 0) is 35.1 Å². The molecule has 0 aliphatic rings. The third-order valence-electron chi connectivity index (χ3n) is 2.55. The fraction of sp³-hybridized carbons (Fsp3) is 0.154. The van der Waals surface area contributed by atoms with Crippen LogP contribution in [0, 0.1) is 0 Å². The molecule has 82 valence electrons. The summed E-state index contributed by atoms with van der Waals surface area (Å²) in [6.07, 6.45) is 0.732. The number of rotatable bonds is 3. The first-order chi connectivity index (χ1) is 7.74. The lowest BCUT2D eigenvalue weighted by atomic mass is 9.98. The maximum atomic E-state index is 11.1. The molecule has 1 aromatic carbocycles. The summed E-state index contributed by atoms with van der Waals surface area (Å²) in [4.78, 5) is 12.2. The van der Waals surface area contributed by atoms with E-state index in [1.165, 1.54) is 0 Å². The van der Waals surface area contributed by atoms with E-state index in [-0.39, 0.29) is 0 Å². The van der Waals surface area contributed by atoms with E-state index in [1.54, 1.807) is 23.5 Å². The van der Waals surface area contributed by atoms with Crippen molar-refractivity contribution in [3.8, 4) is 10.4 Å². The number of carbonyl (C=O) groups is 1. The first kappa shape index (κ1) is 10.9. The molecule has 0 fully saturated rings. The summed E-state index contributed by atoms with van der Waals surface area (Å²) in [5.74, 6) is -0.852. The zero-order chi connectivity index (χ0) is 11.5. The molecule has 0 aliphatic carbocycles. The Hall–Kier alpha value is -1.61. The second-order valence-corrected chi connectivity index (χ2v) is 4.42. The minimum atomic E-state index is -0.852. The molecule has 0 bridgehead atoms. The zero-order valence-electron chi connectivity index (χ0n) is 8.93. The summed E-state index contributed by atoms with van der Waals surface area (Å²) in [5, 5.41) is 11.1. The van der Waals surface area contributed by atoms with Gasteiger partial charge in [-0.1, -0.05) is 25.1 Å². The van der Waals surface area contributed by atoms with Crippen LogP contribution >= 0.6 is 11.3 Å². The Labute approximate surface area is 98.2 Å². The molecule has 0 amide bonds. The Balaban J connectivity index is 2.62. The van der Waals surface area contributed by atoms with Gasteiger partial charge in [0.2, 0.25) is 0 Å². The van der Waals surface area contributed by atoms with Gasteiger partial charge >= 0.3 is 5.97 Å².